The van der Waals surface area contributed by atoms with Crippen LogP contribution < -0.4 is 4.74 Å². The first kappa shape index (κ1) is 17.0. The molecule has 0 radical (unpaired) electrons. The summed E-state index contributed by atoms with van der Waals surface area (Å²) < 4.78 is 5.21. The average molecular weight is 312 g/mol. The number of benzene rings is 1. The fraction of sp³-hybridized carbons (Fsp3) is 0.368. The van der Waals surface area contributed by atoms with E-state index in [-0.39, 0.29) is 11.9 Å². The number of ether oxygens (including phenoxy) is 1. The van der Waals surface area contributed by atoms with E-state index >= 15 is 0 Å². The third kappa shape index (κ3) is 4.31. The van der Waals surface area contributed by atoms with Crippen molar-refractivity contribution in [2.75, 3.05) is 13.7 Å². The molecule has 4 nitrogen and oxygen atoms in total. The molecule has 0 fully saturated rings. The van der Waals surface area contributed by atoms with Gasteiger partial charge in [-0.3, -0.25) is 9.78 Å². The molecule has 0 saturated heterocycles. The van der Waals surface area contributed by atoms with E-state index in [1.807, 2.05) is 48.2 Å². The van der Waals surface area contributed by atoms with Crippen LogP contribution in [0.5, 0.6) is 5.75 Å². The van der Waals surface area contributed by atoms with Gasteiger partial charge in [0.2, 0.25) is 5.91 Å². The van der Waals surface area contributed by atoms with Crippen molar-refractivity contribution in [1.29, 1.82) is 0 Å². The molecule has 0 unspecified atom stereocenters. The number of nitrogens with zero attached hydrogens (tertiary/aromatic N) is 2. The van der Waals surface area contributed by atoms with Crippen molar-refractivity contribution in [1.82, 2.24) is 9.88 Å². The van der Waals surface area contributed by atoms with Crippen LogP contribution in [0.4, 0.5) is 0 Å². The first-order valence-corrected chi connectivity index (χ1v) is 8.01. The lowest BCUT2D eigenvalue weighted by Crippen LogP contribution is -2.35. The quantitative estimate of drug-likeness (QED) is 0.784. The van der Waals surface area contributed by atoms with Gasteiger partial charge in [-0.05, 0) is 42.7 Å². The lowest BCUT2D eigenvalue weighted by molar-refractivity contribution is -0.132. The minimum atomic E-state index is 0.0788. The molecule has 2 aromatic rings. The molecule has 1 amide bonds. The van der Waals surface area contributed by atoms with Crippen LogP contribution in [0.3, 0.4) is 0 Å². The lowest BCUT2D eigenvalue weighted by Gasteiger charge is -2.31. The Kier molecular flexibility index (Phi) is 6.15. The third-order valence-corrected chi connectivity index (χ3v) is 4.00. The van der Waals surface area contributed by atoms with E-state index in [1.54, 1.807) is 19.5 Å². The van der Waals surface area contributed by atoms with Crippen molar-refractivity contribution in [2.24, 2.45) is 0 Å². The van der Waals surface area contributed by atoms with E-state index in [2.05, 4.69) is 11.9 Å². The van der Waals surface area contributed by atoms with Gasteiger partial charge in [0.05, 0.1) is 19.6 Å². The zero-order valence-corrected chi connectivity index (χ0v) is 14.0. The van der Waals surface area contributed by atoms with E-state index < -0.39 is 0 Å². The molecule has 0 N–H and O–H groups in total. The fourth-order valence-electron chi connectivity index (χ4n) is 2.81. The standard InChI is InChI=1S/C19H24N2O2/c1-4-18(16-8-10-17(23-3)11-9-16)21(5-2)19(22)13-15-7-6-12-20-14-15/h6-12,14,18H,4-5,13H2,1-3H3/t18-/m1/s1. The highest BCUT2D eigenvalue weighted by molar-refractivity contribution is 5.79. The monoisotopic (exact) mass is 312 g/mol. The van der Waals surface area contributed by atoms with Gasteiger partial charge >= 0.3 is 0 Å². The molecule has 1 aromatic carbocycles. The number of carbonyl (C=O) groups excluding carboxylic acids is 1. The summed E-state index contributed by atoms with van der Waals surface area (Å²) in [7, 11) is 1.65. The maximum atomic E-state index is 12.7. The van der Waals surface area contributed by atoms with Gasteiger partial charge in [0, 0.05) is 18.9 Å². The molecular formula is C19H24N2O2. The summed E-state index contributed by atoms with van der Waals surface area (Å²) in [5.74, 6) is 0.955. The van der Waals surface area contributed by atoms with Gasteiger partial charge in [-0.15, -0.1) is 0 Å². The van der Waals surface area contributed by atoms with Gasteiger partial charge in [-0.1, -0.05) is 25.1 Å². The molecule has 2 rings (SSSR count). The number of rotatable bonds is 7. The van der Waals surface area contributed by atoms with E-state index in [4.69, 9.17) is 4.74 Å². The number of likely N-dealkylation sites (N-methyl/N-ethyl adjacent to an activating group) is 1. The van der Waals surface area contributed by atoms with Crippen LogP contribution in [0.15, 0.2) is 48.8 Å². The second-order valence-corrected chi connectivity index (χ2v) is 5.42. The number of pyridine rings is 1. The van der Waals surface area contributed by atoms with Crippen LogP contribution >= 0.6 is 0 Å². The zero-order valence-electron chi connectivity index (χ0n) is 14.0. The normalized spacial score (nSPS) is 11.8. The number of amides is 1. The Morgan fingerprint density at radius 2 is 1.96 bits per heavy atom. The smallest absolute Gasteiger partial charge is 0.227 e. The predicted octanol–water partition coefficient (Wildman–Crippen LogP) is 3.63. The summed E-state index contributed by atoms with van der Waals surface area (Å²) in [6.45, 7) is 4.81. The summed E-state index contributed by atoms with van der Waals surface area (Å²) in [6.07, 6.45) is 4.73. The number of aromatic nitrogens is 1. The second-order valence-electron chi connectivity index (χ2n) is 5.42. The van der Waals surface area contributed by atoms with Crippen LogP contribution in [0.25, 0.3) is 0 Å². The summed E-state index contributed by atoms with van der Waals surface area (Å²) in [5, 5.41) is 0. The number of carbonyl (C=O) groups is 1. The minimum Gasteiger partial charge on any atom is -0.497 e. The number of hydrogen-bond donors (Lipinski definition) is 0. The van der Waals surface area contributed by atoms with Crippen molar-refractivity contribution < 1.29 is 9.53 Å². The van der Waals surface area contributed by atoms with Crippen molar-refractivity contribution in [3.05, 3.63) is 59.9 Å². The van der Waals surface area contributed by atoms with E-state index in [0.717, 1.165) is 23.3 Å². The zero-order chi connectivity index (χ0) is 16.7. The topological polar surface area (TPSA) is 42.4 Å². The molecule has 0 bridgehead atoms. The minimum absolute atomic E-state index is 0.0788. The molecule has 1 heterocycles. The van der Waals surface area contributed by atoms with E-state index in [9.17, 15) is 4.79 Å². The molecule has 0 saturated carbocycles. The van der Waals surface area contributed by atoms with E-state index in [1.165, 1.54) is 0 Å². The van der Waals surface area contributed by atoms with Gasteiger partial charge in [0.1, 0.15) is 5.75 Å². The van der Waals surface area contributed by atoms with Crippen LogP contribution in [-0.4, -0.2) is 29.4 Å². The molecule has 0 aliphatic heterocycles. The molecular weight excluding hydrogens is 288 g/mol. The van der Waals surface area contributed by atoms with Gasteiger partial charge in [-0.2, -0.15) is 0 Å². The Morgan fingerprint density at radius 3 is 2.48 bits per heavy atom. The summed E-state index contributed by atoms with van der Waals surface area (Å²) in [5.41, 5.74) is 2.08. The highest BCUT2D eigenvalue weighted by Crippen LogP contribution is 2.26. The highest BCUT2D eigenvalue weighted by Gasteiger charge is 2.22. The highest BCUT2D eigenvalue weighted by atomic mass is 16.5. The van der Waals surface area contributed by atoms with Crippen molar-refractivity contribution >= 4 is 5.91 Å². The fourth-order valence-corrected chi connectivity index (χ4v) is 2.81. The van der Waals surface area contributed by atoms with Gasteiger partial charge in [0.25, 0.3) is 0 Å². The Hall–Kier alpha value is -2.36. The summed E-state index contributed by atoms with van der Waals surface area (Å²) in [4.78, 5) is 18.7. The molecule has 0 spiro atoms. The summed E-state index contributed by atoms with van der Waals surface area (Å²) >= 11 is 0. The Morgan fingerprint density at radius 1 is 1.22 bits per heavy atom. The lowest BCUT2D eigenvalue weighted by atomic mass is 10.0. The molecule has 1 aromatic heterocycles. The molecule has 122 valence electrons. The Bertz CT molecular complexity index is 611. The largest absolute Gasteiger partial charge is 0.497 e. The molecule has 1 atom stereocenters. The van der Waals surface area contributed by atoms with Gasteiger partial charge < -0.3 is 9.64 Å². The molecule has 0 aliphatic rings. The Labute approximate surface area is 138 Å². The van der Waals surface area contributed by atoms with Crippen molar-refractivity contribution in [3.8, 4) is 5.75 Å². The maximum Gasteiger partial charge on any atom is 0.227 e. The number of methoxy groups -OCH3 is 1. The van der Waals surface area contributed by atoms with Crippen LogP contribution in [-0.2, 0) is 11.2 Å². The molecule has 23 heavy (non-hydrogen) atoms. The first-order chi connectivity index (χ1) is 11.2. The van der Waals surface area contributed by atoms with Crippen molar-refractivity contribution in [3.63, 3.8) is 0 Å². The predicted molar refractivity (Wildman–Crippen MR) is 91.4 cm³/mol. The van der Waals surface area contributed by atoms with Gasteiger partial charge in [-0.25, -0.2) is 0 Å². The second kappa shape index (κ2) is 8.32. The number of hydrogen-bond acceptors (Lipinski definition) is 3. The van der Waals surface area contributed by atoms with Crippen LogP contribution in [0.1, 0.15) is 37.4 Å². The maximum absolute atomic E-state index is 12.7. The van der Waals surface area contributed by atoms with Gasteiger partial charge in [0.15, 0.2) is 0 Å². The third-order valence-electron chi connectivity index (χ3n) is 4.00. The Balaban J connectivity index is 2.16. The first-order valence-electron chi connectivity index (χ1n) is 8.01. The van der Waals surface area contributed by atoms with Crippen molar-refractivity contribution in [2.45, 2.75) is 32.7 Å². The SMILES string of the molecule is CC[C@H](c1ccc(OC)cc1)N(CC)C(=O)Cc1cccnc1. The van der Waals surface area contributed by atoms with Crippen LogP contribution in [0, 0.1) is 0 Å². The van der Waals surface area contributed by atoms with E-state index in [0.29, 0.717) is 13.0 Å². The average Bonchev–Trinajstić information content (AvgIpc) is 2.60. The molecule has 4 heteroatoms. The summed E-state index contributed by atoms with van der Waals surface area (Å²) in [6, 6.07) is 11.8. The molecule has 0 aliphatic carbocycles. The van der Waals surface area contributed by atoms with Crippen LogP contribution in [0.2, 0.25) is 0 Å².